The van der Waals surface area contributed by atoms with Gasteiger partial charge in [0.15, 0.2) is 0 Å². The zero-order valence-electron chi connectivity index (χ0n) is 9.25. The highest BCUT2D eigenvalue weighted by atomic mass is 19.1. The Morgan fingerprint density at radius 2 is 1.68 bits per heavy atom. The second-order valence-electron chi connectivity index (χ2n) is 3.57. The summed E-state index contributed by atoms with van der Waals surface area (Å²) in [6.45, 7) is 0. The molecule has 1 N–H and O–H groups in total. The Labute approximate surface area is 104 Å². The van der Waals surface area contributed by atoms with Gasteiger partial charge in [0.05, 0.1) is 11.9 Å². The van der Waals surface area contributed by atoms with E-state index >= 15 is 0 Å². The number of hydrogen-bond acceptors (Lipinski definition) is 2. The second-order valence-corrected chi connectivity index (χ2v) is 3.57. The second kappa shape index (κ2) is 5.05. The van der Waals surface area contributed by atoms with Gasteiger partial charge in [-0.15, -0.1) is 0 Å². The minimum Gasteiger partial charge on any atom is -0.320 e. The maximum Gasteiger partial charge on any atom is 0.261 e. The van der Waals surface area contributed by atoms with Gasteiger partial charge < -0.3 is 5.32 Å². The number of nitrogens with one attached hydrogen (secondary N) is 1. The number of aromatic nitrogens is 1. The molecule has 3 nitrogen and oxygen atoms in total. The van der Waals surface area contributed by atoms with Gasteiger partial charge in [0, 0.05) is 12.1 Å². The van der Waals surface area contributed by atoms with E-state index in [-0.39, 0.29) is 5.69 Å². The lowest BCUT2D eigenvalue weighted by atomic mass is 10.1. The van der Waals surface area contributed by atoms with Crippen LogP contribution in [-0.4, -0.2) is 10.9 Å². The third-order valence-electron chi connectivity index (χ3n) is 2.22. The fourth-order valence-electron chi connectivity index (χ4n) is 1.40. The maximum absolute atomic E-state index is 13.3. The number of pyridine rings is 1. The van der Waals surface area contributed by atoms with Gasteiger partial charge in [-0.05, 0) is 12.1 Å². The van der Waals surface area contributed by atoms with Crippen LogP contribution in [0.3, 0.4) is 0 Å². The molecule has 0 bridgehead atoms. The molecule has 0 spiro atoms. The lowest BCUT2D eigenvalue weighted by molar-refractivity contribution is 0.101. The van der Waals surface area contributed by atoms with Crippen LogP contribution in [0.5, 0.6) is 0 Å². The predicted molar refractivity (Wildman–Crippen MR) is 58.5 cm³/mol. The molecule has 0 aliphatic heterocycles. The summed E-state index contributed by atoms with van der Waals surface area (Å²) in [5, 5.41) is 2.12. The summed E-state index contributed by atoms with van der Waals surface area (Å²) < 4.78 is 51.8. The third-order valence-corrected chi connectivity index (χ3v) is 2.22. The van der Waals surface area contributed by atoms with Crippen molar-refractivity contribution in [1.82, 2.24) is 4.98 Å². The number of amides is 1. The summed E-state index contributed by atoms with van der Waals surface area (Å²) in [5.41, 5.74) is -0.875. The molecule has 0 aliphatic rings. The summed E-state index contributed by atoms with van der Waals surface area (Å²) in [6, 6.07) is 2.91. The fourth-order valence-corrected chi connectivity index (χ4v) is 1.40. The normalized spacial score (nSPS) is 10.3. The first-order valence-corrected chi connectivity index (χ1v) is 5.05. The average Bonchev–Trinajstić information content (AvgIpc) is 2.30. The fraction of sp³-hybridized carbons (Fsp3) is 0. The minimum absolute atomic E-state index is 0.0505. The van der Waals surface area contributed by atoms with Crippen molar-refractivity contribution in [3.8, 4) is 0 Å². The van der Waals surface area contributed by atoms with Gasteiger partial charge in [0.25, 0.3) is 5.91 Å². The summed E-state index contributed by atoms with van der Waals surface area (Å²) in [6.07, 6.45) is 0.979. The third kappa shape index (κ3) is 2.87. The zero-order valence-corrected chi connectivity index (χ0v) is 9.25. The smallest absolute Gasteiger partial charge is 0.261 e. The monoisotopic (exact) mass is 270 g/mol. The topological polar surface area (TPSA) is 42.0 Å². The Morgan fingerprint density at radius 1 is 1.05 bits per heavy atom. The van der Waals surface area contributed by atoms with Gasteiger partial charge in [0.2, 0.25) is 5.95 Å². The Balaban J connectivity index is 2.28. The number of benzene rings is 1. The highest BCUT2D eigenvalue weighted by molar-refractivity contribution is 6.04. The van der Waals surface area contributed by atoms with Crippen molar-refractivity contribution < 1.29 is 22.4 Å². The Bertz CT molecular complexity index is 605. The highest BCUT2D eigenvalue weighted by Crippen LogP contribution is 2.16. The summed E-state index contributed by atoms with van der Waals surface area (Å²) in [4.78, 5) is 14.9. The molecule has 1 amide bonds. The van der Waals surface area contributed by atoms with E-state index in [0.29, 0.717) is 12.1 Å². The number of carbonyl (C=O) groups excluding carboxylic acids is 1. The van der Waals surface area contributed by atoms with E-state index in [9.17, 15) is 22.4 Å². The van der Waals surface area contributed by atoms with Crippen molar-refractivity contribution in [3.05, 3.63) is 59.4 Å². The molecular formula is C12H6F4N2O. The number of nitrogens with zero attached hydrogens (tertiary/aromatic N) is 1. The van der Waals surface area contributed by atoms with Crippen molar-refractivity contribution >= 4 is 11.6 Å². The number of carbonyl (C=O) groups is 1. The largest absolute Gasteiger partial charge is 0.320 e. The first-order chi connectivity index (χ1) is 8.97. The highest BCUT2D eigenvalue weighted by Gasteiger charge is 2.19. The minimum atomic E-state index is -1.33. The molecule has 0 aliphatic carbocycles. The van der Waals surface area contributed by atoms with Gasteiger partial charge in [-0.2, -0.15) is 4.39 Å². The summed E-state index contributed by atoms with van der Waals surface area (Å²) in [5.74, 6) is -5.68. The van der Waals surface area contributed by atoms with E-state index in [0.717, 1.165) is 12.3 Å². The van der Waals surface area contributed by atoms with Gasteiger partial charge in [-0.1, -0.05) is 0 Å². The van der Waals surface area contributed by atoms with Crippen molar-refractivity contribution in [2.45, 2.75) is 0 Å². The number of halogens is 4. The van der Waals surface area contributed by atoms with Gasteiger partial charge >= 0.3 is 0 Å². The van der Waals surface area contributed by atoms with Crippen LogP contribution >= 0.6 is 0 Å². The standard InChI is InChI=1S/C12H6F4N2O/c13-6-3-8(14)11(9(15)4-6)12(19)18-7-1-2-10(16)17-5-7/h1-5H,(H,18,19). The summed E-state index contributed by atoms with van der Waals surface area (Å²) in [7, 11) is 0. The molecule has 2 rings (SSSR count). The van der Waals surface area contributed by atoms with Crippen LogP contribution in [0.15, 0.2) is 30.5 Å². The molecule has 19 heavy (non-hydrogen) atoms. The van der Waals surface area contributed by atoms with Crippen LogP contribution < -0.4 is 5.32 Å². The zero-order chi connectivity index (χ0) is 14.0. The van der Waals surface area contributed by atoms with Crippen molar-refractivity contribution in [1.29, 1.82) is 0 Å². The Morgan fingerprint density at radius 3 is 2.21 bits per heavy atom. The van der Waals surface area contributed by atoms with Crippen LogP contribution in [-0.2, 0) is 0 Å². The number of rotatable bonds is 2. The molecule has 0 radical (unpaired) electrons. The van der Waals surface area contributed by atoms with Crippen LogP contribution in [0.2, 0.25) is 0 Å². The van der Waals surface area contributed by atoms with Crippen molar-refractivity contribution in [2.24, 2.45) is 0 Å². The molecule has 0 fully saturated rings. The van der Waals surface area contributed by atoms with Crippen molar-refractivity contribution in [3.63, 3.8) is 0 Å². The SMILES string of the molecule is O=C(Nc1ccc(F)nc1)c1c(F)cc(F)cc1F. The quantitative estimate of drug-likeness (QED) is 0.673. The molecular weight excluding hydrogens is 264 g/mol. The lowest BCUT2D eigenvalue weighted by Crippen LogP contribution is -2.16. The molecule has 2 aromatic rings. The predicted octanol–water partition coefficient (Wildman–Crippen LogP) is 2.89. The van der Waals surface area contributed by atoms with E-state index in [1.165, 1.54) is 6.07 Å². The summed E-state index contributed by atoms with van der Waals surface area (Å²) >= 11 is 0. The molecule has 1 heterocycles. The first-order valence-electron chi connectivity index (χ1n) is 5.05. The Hall–Kier alpha value is -2.44. The molecule has 0 saturated heterocycles. The average molecular weight is 270 g/mol. The van der Waals surface area contributed by atoms with E-state index < -0.39 is 34.9 Å². The van der Waals surface area contributed by atoms with Crippen molar-refractivity contribution in [2.75, 3.05) is 5.32 Å². The molecule has 98 valence electrons. The molecule has 1 aromatic carbocycles. The maximum atomic E-state index is 13.3. The van der Waals surface area contributed by atoms with Crippen LogP contribution in [0.1, 0.15) is 10.4 Å². The van der Waals surface area contributed by atoms with E-state index in [1.54, 1.807) is 0 Å². The molecule has 0 saturated carbocycles. The van der Waals surface area contributed by atoms with Gasteiger partial charge in [-0.25, -0.2) is 18.2 Å². The van der Waals surface area contributed by atoms with Crippen LogP contribution in [0.25, 0.3) is 0 Å². The first kappa shape index (κ1) is 13.0. The van der Waals surface area contributed by atoms with Crippen LogP contribution in [0.4, 0.5) is 23.2 Å². The number of hydrogen-bond donors (Lipinski definition) is 1. The van der Waals surface area contributed by atoms with E-state index in [4.69, 9.17) is 0 Å². The van der Waals surface area contributed by atoms with Crippen LogP contribution in [0, 0.1) is 23.4 Å². The molecule has 0 atom stereocenters. The molecule has 7 heteroatoms. The Kier molecular flexibility index (Phi) is 3.46. The van der Waals surface area contributed by atoms with E-state index in [1.807, 2.05) is 0 Å². The van der Waals surface area contributed by atoms with Gasteiger partial charge in [0.1, 0.15) is 23.0 Å². The number of anilines is 1. The lowest BCUT2D eigenvalue weighted by Gasteiger charge is -2.06. The molecule has 0 unspecified atom stereocenters. The van der Waals surface area contributed by atoms with E-state index in [2.05, 4.69) is 10.3 Å². The molecule has 1 aromatic heterocycles. The van der Waals surface area contributed by atoms with Gasteiger partial charge in [-0.3, -0.25) is 4.79 Å².